The third-order valence-corrected chi connectivity index (χ3v) is 4.84. The highest BCUT2D eigenvalue weighted by Gasteiger charge is 2.45. The summed E-state index contributed by atoms with van der Waals surface area (Å²) >= 11 is 1.65. The zero-order chi connectivity index (χ0) is 15.3. The molecule has 5 heteroatoms. The van der Waals surface area contributed by atoms with Crippen LogP contribution in [0.5, 0.6) is 0 Å². The molecule has 1 aliphatic rings. The summed E-state index contributed by atoms with van der Waals surface area (Å²) in [6.07, 6.45) is 0.407. The van der Waals surface area contributed by atoms with Crippen molar-refractivity contribution in [3.05, 3.63) is 16.1 Å². The van der Waals surface area contributed by atoms with Crippen LogP contribution in [0.3, 0.4) is 0 Å². The van der Waals surface area contributed by atoms with Crippen LogP contribution in [0.1, 0.15) is 64.7 Å². The number of likely N-dealkylation sites (tertiary alicyclic amines) is 1. The molecule has 0 spiro atoms. The first kappa shape index (κ1) is 15.4. The molecule has 0 radical (unpaired) electrons. The molecule has 2 N–H and O–H groups in total. The lowest BCUT2D eigenvalue weighted by Crippen LogP contribution is -2.45. The number of thiazole rings is 1. The van der Waals surface area contributed by atoms with Gasteiger partial charge in [-0.05, 0) is 20.8 Å². The first-order chi connectivity index (χ1) is 9.01. The zero-order valence-electron chi connectivity index (χ0n) is 13.2. The van der Waals surface area contributed by atoms with Gasteiger partial charge in [0.15, 0.2) is 0 Å². The van der Waals surface area contributed by atoms with Crippen LogP contribution in [0.2, 0.25) is 0 Å². The predicted molar refractivity (Wildman–Crippen MR) is 82.7 cm³/mol. The van der Waals surface area contributed by atoms with Crippen LogP contribution in [-0.4, -0.2) is 27.4 Å². The number of amides is 1. The third kappa shape index (κ3) is 2.74. The van der Waals surface area contributed by atoms with E-state index in [1.807, 2.05) is 25.7 Å². The third-order valence-electron chi connectivity index (χ3n) is 3.55. The Kier molecular flexibility index (Phi) is 3.71. The van der Waals surface area contributed by atoms with E-state index in [1.54, 1.807) is 11.3 Å². The molecule has 1 aliphatic heterocycles. The average molecular weight is 295 g/mol. The van der Waals surface area contributed by atoms with Crippen molar-refractivity contribution in [1.29, 1.82) is 0 Å². The van der Waals surface area contributed by atoms with E-state index in [9.17, 15) is 4.79 Å². The van der Waals surface area contributed by atoms with Crippen molar-refractivity contribution >= 4 is 17.2 Å². The first-order valence-electron chi connectivity index (χ1n) is 7.05. The molecule has 1 aromatic rings. The fourth-order valence-electron chi connectivity index (χ4n) is 2.67. The normalized spacial score (nSPS) is 24.6. The number of hydrogen-bond donors (Lipinski definition) is 1. The summed E-state index contributed by atoms with van der Waals surface area (Å²) in [6, 6.07) is -0.272. The molecule has 4 nitrogen and oxygen atoms in total. The fraction of sp³-hybridized carbons (Fsp3) is 0.733. The van der Waals surface area contributed by atoms with Gasteiger partial charge < -0.3 is 10.6 Å². The highest BCUT2D eigenvalue weighted by molar-refractivity contribution is 7.09. The minimum Gasteiger partial charge on any atom is -0.328 e. The molecular formula is C15H25N3OS. The summed E-state index contributed by atoms with van der Waals surface area (Å²) in [4.78, 5) is 18.9. The maximum Gasteiger partial charge on any atom is 0.225 e. The Hall–Kier alpha value is -0.940. The SMILES string of the molecule is CC(C)(C)c1nc(C2C(N)CC(=O)N2C(C)(C)C)cs1. The van der Waals surface area contributed by atoms with Crippen LogP contribution in [-0.2, 0) is 10.2 Å². The molecule has 0 saturated carbocycles. The second-order valence-corrected chi connectivity index (χ2v) is 8.43. The Bertz CT molecular complexity index is 510. The average Bonchev–Trinajstić information content (AvgIpc) is 2.79. The second kappa shape index (κ2) is 4.81. The molecule has 0 bridgehead atoms. The van der Waals surface area contributed by atoms with Crippen molar-refractivity contribution in [3.8, 4) is 0 Å². The van der Waals surface area contributed by atoms with Crippen LogP contribution in [0.25, 0.3) is 0 Å². The van der Waals surface area contributed by atoms with Crippen molar-refractivity contribution in [2.45, 2.75) is 71.0 Å². The number of nitrogens with two attached hydrogens (primary N) is 1. The molecule has 1 amide bonds. The summed E-state index contributed by atoms with van der Waals surface area (Å²) in [5.41, 5.74) is 6.94. The predicted octanol–water partition coefficient (Wildman–Crippen LogP) is 2.84. The van der Waals surface area contributed by atoms with E-state index in [2.05, 4.69) is 26.2 Å². The minimum absolute atomic E-state index is 0.0299. The van der Waals surface area contributed by atoms with Gasteiger partial charge in [-0.1, -0.05) is 20.8 Å². The lowest BCUT2D eigenvalue weighted by Gasteiger charge is -2.37. The van der Waals surface area contributed by atoms with Gasteiger partial charge in [0.1, 0.15) is 0 Å². The van der Waals surface area contributed by atoms with Crippen LogP contribution < -0.4 is 5.73 Å². The minimum atomic E-state index is -0.235. The zero-order valence-corrected chi connectivity index (χ0v) is 14.0. The van der Waals surface area contributed by atoms with Gasteiger partial charge in [-0.25, -0.2) is 4.98 Å². The summed E-state index contributed by atoms with van der Waals surface area (Å²) in [5, 5.41) is 3.15. The second-order valence-electron chi connectivity index (χ2n) is 7.57. The molecule has 0 aliphatic carbocycles. The van der Waals surface area contributed by atoms with Gasteiger partial charge in [0.2, 0.25) is 5.91 Å². The highest BCUT2D eigenvalue weighted by atomic mass is 32.1. The van der Waals surface area contributed by atoms with Crippen molar-refractivity contribution in [1.82, 2.24) is 9.88 Å². The van der Waals surface area contributed by atoms with Gasteiger partial charge in [-0.2, -0.15) is 0 Å². The van der Waals surface area contributed by atoms with Crippen LogP contribution in [0.15, 0.2) is 5.38 Å². The van der Waals surface area contributed by atoms with Crippen LogP contribution >= 0.6 is 11.3 Å². The van der Waals surface area contributed by atoms with Crippen molar-refractivity contribution in [2.75, 3.05) is 0 Å². The Labute approximate surface area is 125 Å². The van der Waals surface area contributed by atoms with E-state index < -0.39 is 0 Å². The van der Waals surface area contributed by atoms with Gasteiger partial charge in [-0.15, -0.1) is 11.3 Å². The highest BCUT2D eigenvalue weighted by Crippen LogP contribution is 2.39. The van der Waals surface area contributed by atoms with E-state index in [4.69, 9.17) is 10.7 Å². The van der Waals surface area contributed by atoms with E-state index >= 15 is 0 Å². The number of carbonyl (C=O) groups excluding carboxylic acids is 1. The van der Waals surface area contributed by atoms with E-state index in [1.165, 1.54) is 0 Å². The van der Waals surface area contributed by atoms with Crippen molar-refractivity contribution in [3.63, 3.8) is 0 Å². The van der Waals surface area contributed by atoms with Gasteiger partial charge in [0.05, 0.1) is 16.7 Å². The summed E-state index contributed by atoms with van der Waals surface area (Å²) in [6.45, 7) is 12.6. The maximum absolute atomic E-state index is 12.2. The maximum atomic E-state index is 12.2. The monoisotopic (exact) mass is 295 g/mol. The van der Waals surface area contributed by atoms with E-state index in [0.29, 0.717) is 6.42 Å². The molecule has 2 heterocycles. The molecule has 112 valence electrons. The summed E-state index contributed by atoms with van der Waals surface area (Å²) in [7, 11) is 0. The van der Waals surface area contributed by atoms with Crippen molar-refractivity contribution < 1.29 is 4.79 Å². The Morgan fingerprint density at radius 2 is 1.90 bits per heavy atom. The number of nitrogens with zero attached hydrogens (tertiary/aromatic N) is 2. The molecule has 1 fully saturated rings. The Morgan fingerprint density at radius 1 is 1.30 bits per heavy atom. The van der Waals surface area contributed by atoms with E-state index in [0.717, 1.165) is 10.7 Å². The largest absolute Gasteiger partial charge is 0.328 e. The summed E-state index contributed by atoms with van der Waals surface area (Å²) < 4.78 is 0. The molecule has 1 aromatic heterocycles. The molecule has 2 atom stereocenters. The van der Waals surface area contributed by atoms with E-state index in [-0.39, 0.29) is 28.9 Å². The lowest BCUT2D eigenvalue weighted by atomic mass is 9.97. The standard InChI is InChI=1S/C15H25N3OS/c1-14(2,3)13-17-10(8-20-13)12-9(16)7-11(19)18(12)15(4,5)6/h8-9,12H,7,16H2,1-6H3. The molecule has 1 saturated heterocycles. The van der Waals surface area contributed by atoms with Crippen LogP contribution in [0, 0.1) is 0 Å². The quantitative estimate of drug-likeness (QED) is 0.866. The van der Waals surface area contributed by atoms with Gasteiger partial charge in [0.25, 0.3) is 0 Å². The van der Waals surface area contributed by atoms with Gasteiger partial charge >= 0.3 is 0 Å². The van der Waals surface area contributed by atoms with Crippen molar-refractivity contribution in [2.24, 2.45) is 5.73 Å². The molecule has 0 aromatic carbocycles. The molecule has 2 rings (SSSR count). The topological polar surface area (TPSA) is 59.2 Å². The smallest absolute Gasteiger partial charge is 0.225 e. The number of rotatable bonds is 1. The van der Waals surface area contributed by atoms with Crippen LogP contribution in [0.4, 0.5) is 0 Å². The Balaban J connectivity index is 2.39. The lowest BCUT2D eigenvalue weighted by molar-refractivity contribution is -0.133. The molecule has 2 unspecified atom stereocenters. The van der Waals surface area contributed by atoms with Gasteiger partial charge in [-0.3, -0.25) is 4.79 Å². The summed E-state index contributed by atoms with van der Waals surface area (Å²) in [5.74, 6) is 0.125. The number of hydrogen-bond acceptors (Lipinski definition) is 4. The molecule has 20 heavy (non-hydrogen) atoms. The Morgan fingerprint density at radius 3 is 2.35 bits per heavy atom. The molecular weight excluding hydrogens is 270 g/mol. The van der Waals surface area contributed by atoms with Gasteiger partial charge in [0, 0.05) is 28.8 Å². The fourth-order valence-corrected chi connectivity index (χ4v) is 3.60. The number of aromatic nitrogens is 1. The first-order valence-corrected chi connectivity index (χ1v) is 7.93. The number of carbonyl (C=O) groups is 1.